The van der Waals surface area contributed by atoms with Crippen molar-refractivity contribution in [2.75, 3.05) is 30.3 Å². The number of nitrogens with two attached hydrogens (primary N) is 1. The van der Waals surface area contributed by atoms with Gasteiger partial charge in [0.25, 0.3) is 0 Å². The van der Waals surface area contributed by atoms with Crippen molar-refractivity contribution in [2.24, 2.45) is 0 Å². The average Bonchev–Trinajstić information content (AvgIpc) is 2.61. The van der Waals surface area contributed by atoms with E-state index in [9.17, 15) is 19.0 Å². The summed E-state index contributed by atoms with van der Waals surface area (Å²) < 4.78 is 33.8. The molecule has 0 bridgehead atoms. The van der Waals surface area contributed by atoms with E-state index in [1.54, 1.807) is 0 Å². The summed E-state index contributed by atoms with van der Waals surface area (Å²) in [5.41, 5.74) is 3.92. The largest absolute Gasteiger partial charge is 0.489 e. The summed E-state index contributed by atoms with van der Waals surface area (Å²) in [5.74, 6) is -1.49. The number of hydrogen-bond acceptors (Lipinski definition) is 5. The quantitative estimate of drug-likeness (QED) is 0.612. The molecule has 1 aliphatic rings. The van der Waals surface area contributed by atoms with Gasteiger partial charge in [0.15, 0.2) is 11.6 Å². The van der Waals surface area contributed by atoms with Crippen molar-refractivity contribution in [1.82, 2.24) is 0 Å². The second-order valence-electron chi connectivity index (χ2n) is 6.60. The highest BCUT2D eigenvalue weighted by atomic mass is 35.5. The molecule has 4 N–H and O–H groups in total. The molecule has 1 aliphatic heterocycles. The van der Waals surface area contributed by atoms with Gasteiger partial charge in [0, 0.05) is 18.1 Å². The van der Waals surface area contributed by atoms with Crippen LogP contribution >= 0.6 is 34.8 Å². The van der Waals surface area contributed by atoms with E-state index in [0.29, 0.717) is 0 Å². The molecule has 2 atom stereocenters. The molecule has 10 heteroatoms. The summed E-state index contributed by atoms with van der Waals surface area (Å²) in [6.45, 7) is -0.414. The van der Waals surface area contributed by atoms with E-state index in [2.05, 4.69) is 0 Å². The zero-order valence-electron chi connectivity index (χ0n) is 14.4. The second kappa shape index (κ2) is 8.08. The van der Waals surface area contributed by atoms with Gasteiger partial charge in [-0.2, -0.15) is 0 Å². The van der Waals surface area contributed by atoms with Crippen molar-refractivity contribution in [2.45, 2.75) is 18.1 Å². The number of benzene rings is 2. The molecule has 1 heterocycles. The predicted octanol–water partition coefficient (Wildman–Crippen LogP) is 3.89. The van der Waals surface area contributed by atoms with Crippen LogP contribution in [0.3, 0.4) is 0 Å². The average molecular weight is 454 g/mol. The maximum atomic E-state index is 14.1. The van der Waals surface area contributed by atoms with Crippen LogP contribution in [-0.4, -0.2) is 41.6 Å². The van der Waals surface area contributed by atoms with Crippen LogP contribution in [-0.2, 0) is 0 Å². The maximum absolute atomic E-state index is 14.1. The summed E-state index contributed by atoms with van der Waals surface area (Å²) in [4.78, 5) is 1.31. The molecule has 1 saturated heterocycles. The molecule has 0 radical (unpaired) electrons. The number of aliphatic hydroxyl groups excluding tert-OH is 1. The van der Waals surface area contributed by atoms with Crippen LogP contribution in [0.2, 0.25) is 15.1 Å². The fourth-order valence-corrected chi connectivity index (χ4v) is 3.65. The maximum Gasteiger partial charge on any atom is 0.151 e. The van der Waals surface area contributed by atoms with Crippen molar-refractivity contribution in [3.63, 3.8) is 0 Å². The third-order valence-electron chi connectivity index (χ3n) is 4.69. The molecule has 5 nitrogen and oxygen atoms in total. The van der Waals surface area contributed by atoms with Crippen molar-refractivity contribution >= 4 is 46.2 Å². The first kappa shape index (κ1) is 21.2. The topological polar surface area (TPSA) is 79.0 Å². The number of aliphatic hydroxyl groups is 2. The van der Waals surface area contributed by atoms with Crippen molar-refractivity contribution in [3.8, 4) is 5.75 Å². The summed E-state index contributed by atoms with van der Waals surface area (Å²) >= 11 is 17.6. The van der Waals surface area contributed by atoms with Crippen LogP contribution in [0.25, 0.3) is 0 Å². The van der Waals surface area contributed by atoms with Crippen LogP contribution in [0.1, 0.15) is 6.42 Å². The monoisotopic (exact) mass is 452 g/mol. The van der Waals surface area contributed by atoms with Gasteiger partial charge in [0.1, 0.15) is 34.8 Å². The molecule has 2 aromatic carbocycles. The van der Waals surface area contributed by atoms with E-state index in [0.717, 1.165) is 12.1 Å². The molecule has 3 rings (SSSR count). The summed E-state index contributed by atoms with van der Waals surface area (Å²) in [7, 11) is 0. The lowest BCUT2D eigenvalue weighted by Crippen LogP contribution is -2.58. The van der Waals surface area contributed by atoms with Gasteiger partial charge in [-0.1, -0.05) is 34.8 Å². The van der Waals surface area contributed by atoms with Crippen LogP contribution in [0, 0.1) is 11.6 Å². The molecule has 2 aromatic rings. The smallest absolute Gasteiger partial charge is 0.151 e. The Morgan fingerprint density at radius 1 is 1.21 bits per heavy atom. The Kier molecular flexibility index (Phi) is 6.12. The first-order chi connectivity index (χ1) is 13.1. The number of piperidine rings is 1. The molecule has 0 unspecified atom stereocenters. The number of nitrogen functional groups attached to an aromatic ring is 1. The Morgan fingerprint density at radius 2 is 1.86 bits per heavy atom. The third-order valence-corrected chi connectivity index (χ3v) is 5.63. The van der Waals surface area contributed by atoms with Gasteiger partial charge in [0.05, 0.1) is 10.7 Å². The van der Waals surface area contributed by atoms with Gasteiger partial charge in [-0.15, -0.1) is 0 Å². The fourth-order valence-electron chi connectivity index (χ4n) is 3.04. The molecular weight excluding hydrogens is 437 g/mol. The SMILES string of the molecule is Nc1c(Cl)ccc(OC[C@]2(O)CCN(c3c(F)cc(Cl)cc3F)C[C@H]2O)c1Cl. The van der Waals surface area contributed by atoms with Gasteiger partial charge in [-0.25, -0.2) is 8.78 Å². The number of nitrogens with zero attached hydrogens (tertiary/aromatic N) is 1. The Hall–Kier alpha value is -1.51. The first-order valence-corrected chi connectivity index (χ1v) is 9.42. The summed E-state index contributed by atoms with van der Waals surface area (Å²) in [5, 5.41) is 21.5. The third kappa shape index (κ3) is 4.09. The lowest BCUT2D eigenvalue weighted by Gasteiger charge is -2.42. The first-order valence-electron chi connectivity index (χ1n) is 8.28. The molecule has 0 spiro atoms. The van der Waals surface area contributed by atoms with Crippen molar-refractivity contribution in [3.05, 3.63) is 51.0 Å². The zero-order chi connectivity index (χ0) is 20.6. The minimum atomic E-state index is -1.65. The Morgan fingerprint density at radius 3 is 2.46 bits per heavy atom. The zero-order valence-corrected chi connectivity index (χ0v) is 16.7. The normalized spacial score (nSPS) is 22.4. The molecule has 0 amide bonds. The standard InChI is InChI=1S/C18H17Cl3F2N2O3/c19-9-5-11(22)17(12(23)6-9)25-4-3-18(27,14(26)7-25)8-28-13-2-1-10(20)16(24)15(13)21/h1-2,5-6,14,26-27H,3-4,7-8,24H2/t14-,18-/m1/s1. The van der Waals surface area contributed by atoms with E-state index in [4.69, 9.17) is 45.3 Å². The Balaban J connectivity index is 1.72. The number of β-amino-alcohol motifs (C(OH)–C–C–N with tert-alkyl or cyclic N) is 1. The van der Waals surface area contributed by atoms with Crippen LogP contribution in [0.15, 0.2) is 24.3 Å². The molecular formula is C18H17Cl3F2N2O3. The molecule has 0 aliphatic carbocycles. The van der Waals surface area contributed by atoms with E-state index in [-0.39, 0.29) is 58.3 Å². The van der Waals surface area contributed by atoms with E-state index in [1.807, 2.05) is 0 Å². The van der Waals surface area contributed by atoms with Gasteiger partial charge < -0.3 is 25.6 Å². The minimum Gasteiger partial charge on any atom is -0.489 e. The lowest BCUT2D eigenvalue weighted by molar-refractivity contribution is -0.108. The van der Waals surface area contributed by atoms with Gasteiger partial charge in [-0.3, -0.25) is 0 Å². The number of halogens is 5. The second-order valence-corrected chi connectivity index (χ2v) is 7.82. The fraction of sp³-hybridized carbons (Fsp3) is 0.333. The Labute approximate surface area is 175 Å². The minimum absolute atomic E-state index is 0.00361. The van der Waals surface area contributed by atoms with Crippen LogP contribution in [0.4, 0.5) is 20.2 Å². The highest BCUT2D eigenvalue weighted by molar-refractivity contribution is 6.39. The molecule has 0 saturated carbocycles. The number of hydrogen-bond donors (Lipinski definition) is 3. The van der Waals surface area contributed by atoms with E-state index < -0.39 is 23.3 Å². The molecule has 28 heavy (non-hydrogen) atoms. The van der Waals surface area contributed by atoms with Crippen molar-refractivity contribution < 1.29 is 23.7 Å². The molecule has 152 valence electrons. The molecule has 1 fully saturated rings. The van der Waals surface area contributed by atoms with Gasteiger partial charge >= 0.3 is 0 Å². The lowest BCUT2D eigenvalue weighted by atomic mass is 9.89. The van der Waals surface area contributed by atoms with Crippen LogP contribution < -0.4 is 15.4 Å². The highest BCUT2D eigenvalue weighted by Gasteiger charge is 2.42. The van der Waals surface area contributed by atoms with Crippen molar-refractivity contribution in [1.29, 1.82) is 0 Å². The summed E-state index contributed by atoms with van der Waals surface area (Å²) in [6, 6.07) is 4.96. The number of rotatable bonds is 4. The molecule has 0 aromatic heterocycles. The van der Waals surface area contributed by atoms with E-state index >= 15 is 0 Å². The van der Waals surface area contributed by atoms with Gasteiger partial charge in [0.2, 0.25) is 0 Å². The highest BCUT2D eigenvalue weighted by Crippen LogP contribution is 2.37. The number of anilines is 2. The Bertz CT molecular complexity index is 880. The van der Waals surface area contributed by atoms with Crippen LogP contribution in [0.5, 0.6) is 5.75 Å². The predicted molar refractivity (Wildman–Crippen MR) is 106 cm³/mol. The van der Waals surface area contributed by atoms with Gasteiger partial charge in [-0.05, 0) is 30.7 Å². The van der Waals surface area contributed by atoms with E-state index in [1.165, 1.54) is 17.0 Å². The number of ether oxygens (including phenoxy) is 1. The summed E-state index contributed by atoms with van der Waals surface area (Å²) in [6.07, 6.45) is -1.34.